The SMILES string of the molecule is CC(C)CC(=O)N1CCN(C(=O)c2cccc(Nc3ncccn3)c2)C[C@@H](Cc2ccccn2)C1. The Bertz CT molecular complexity index is 1120. The lowest BCUT2D eigenvalue weighted by molar-refractivity contribution is -0.132. The van der Waals surface area contributed by atoms with E-state index in [0.29, 0.717) is 56.5 Å². The third-order valence-corrected chi connectivity index (χ3v) is 5.98. The van der Waals surface area contributed by atoms with Gasteiger partial charge in [-0.3, -0.25) is 14.6 Å². The van der Waals surface area contributed by atoms with E-state index in [0.717, 1.165) is 11.4 Å². The van der Waals surface area contributed by atoms with Crippen LogP contribution in [-0.4, -0.2) is 62.7 Å². The number of carbonyl (C=O) groups is 2. The van der Waals surface area contributed by atoms with Crippen LogP contribution in [0.25, 0.3) is 0 Å². The molecular formula is C27H32N6O2. The molecule has 1 saturated heterocycles. The monoisotopic (exact) mass is 472 g/mol. The van der Waals surface area contributed by atoms with Crippen LogP contribution in [0.5, 0.6) is 0 Å². The predicted molar refractivity (Wildman–Crippen MR) is 135 cm³/mol. The molecule has 35 heavy (non-hydrogen) atoms. The minimum atomic E-state index is -0.0493. The maximum atomic E-state index is 13.6. The fourth-order valence-corrected chi connectivity index (χ4v) is 4.34. The highest BCUT2D eigenvalue weighted by Gasteiger charge is 2.29. The van der Waals surface area contributed by atoms with Gasteiger partial charge in [-0.1, -0.05) is 26.0 Å². The van der Waals surface area contributed by atoms with Gasteiger partial charge in [0.2, 0.25) is 11.9 Å². The van der Waals surface area contributed by atoms with Gasteiger partial charge in [-0.15, -0.1) is 0 Å². The first kappa shape index (κ1) is 24.3. The van der Waals surface area contributed by atoms with Gasteiger partial charge in [0.1, 0.15) is 0 Å². The van der Waals surface area contributed by atoms with E-state index < -0.39 is 0 Å². The minimum Gasteiger partial charge on any atom is -0.341 e. The van der Waals surface area contributed by atoms with E-state index in [2.05, 4.69) is 34.1 Å². The second-order valence-electron chi connectivity index (χ2n) is 9.36. The Morgan fingerprint density at radius 2 is 1.69 bits per heavy atom. The molecule has 3 heterocycles. The first-order valence-corrected chi connectivity index (χ1v) is 12.1. The lowest BCUT2D eigenvalue weighted by Gasteiger charge is -2.25. The molecule has 1 fully saturated rings. The number of anilines is 2. The van der Waals surface area contributed by atoms with Crippen molar-refractivity contribution in [3.05, 3.63) is 78.4 Å². The van der Waals surface area contributed by atoms with Gasteiger partial charge < -0.3 is 15.1 Å². The second kappa shape index (κ2) is 11.6. The highest BCUT2D eigenvalue weighted by Crippen LogP contribution is 2.20. The van der Waals surface area contributed by atoms with Gasteiger partial charge in [-0.2, -0.15) is 0 Å². The van der Waals surface area contributed by atoms with Crippen LogP contribution in [0.1, 0.15) is 36.3 Å². The summed E-state index contributed by atoms with van der Waals surface area (Å²) in [4.78, 5) is 43.1. The third kappa shape index (κ3) is 6.85. The molecule has 182 valence electrons. The smallest absolute Gasteiger partial charge is 0.254 e. The summed E-state index contributed by atoms with van der Waals surface area (Å²) in [6, 6.07) is 15.0. The molecule has 2 aromatic heterocycles. The molecule has 1 atom stereocenters. The lowest BCUT2D eigenvalue weighted by Crippen LogP contribution is -2.37. The standard InChI is InChI=1S/C27H32N6O2/c1-20(2)15-25(34)32-13-14-33(19-21(18-32)16-23-8-3-4-10-28-23)26(35)22-7-5-9-24(17-22)31-27-29-11-6-12-30-27/h3-12,17,20-21H,13-16,18-19H2,1-2H3,(H,29,30,31)/t21-/m0/s1. The Morgan fingerprint density at radius 1 is 0.943 bits per heavy atom. The van der Waals surface area contributed by atoms with Crippen LogP contribution >= 0.6 is 0 Å². The molecule has 1 aromatic carbocycles. The zero-order valence-corrected chi connectivity index (χ0v) is 20.3. The van der Waals surface area contributed by atoms with Gasteiger partial charge in [-0.25, -0.2) is 9.97 Å². The zero-order valence-electron chi connectivity index (χ0n) is 20.3. The second-order valence-corrected chi connectivity index (χ2v) is 9.36. The summed E-state index contributed by atoms with van der Waals surface area (Å²) in [6.07, 6.45) is 6.33. The molecule has 3 aromatic rings. The van der Waals surface area contributed by atoms with Crippen molar-refractivity contribution in [2.45, 2.75) is 26.7 Å². The molecule has 0 bridgehead atoms. The predicted octanol–water partition coefficient (Wildman–Crippen LogP) is 3.80. The Kier molecular flexibility index (Phi) is 8.03. The molecule has 1 aliphatic rings. The quantitative estimate of drug-likeness (QED) is 0.562. The van der Waals surface area contributed by atoms with E-state index in [1.807, 2.05) is 52.3 Å². The van der Waals surface area contributed by atoms with Crippen LogP contribution in [0.4, 0.5) is 11.6 Å². The summed E-state index contributed by atoms with van der Waals surface area (Å²) in [5, 5.41) is 3.14. The average molecular weight is 473 g/mol. The largest absolute Gasteiger partial charge is 0.341 e. The lowest BCUT2D eigenvalue weighted by atomic mass is 10.0. The van der Waals surface area contributed by atoms with Crippen molar-refractivity contribution in [3.63, 3.8) is 0 Å². The average Bonchev–Trinajstić information content (AvgIpc) is 3.07. The van der Waals surface area contributed by atoms with Crippen molar-refractivity contribution < 1.29 is 9.59 Å². The van der Waals surface area contributed by atoms with E-state index in [1.54, 1.807) is 24.7 Å². The third-order valence-electron chi connectivity index (χ3n) is 5.98. The molecule has 8 nitrogen and oxygen atoms in total. The number of carbonyl (C=O) groups excluding carboxylic acids is 2. The topological polar surface area (TPSA) is 91.3 Å². The van der Waals surface area contributed by atoms with Crippen molar-refractivity contribution in [2.75, 3.05) is 31.5 Å². The van der Waals surface area contributed by atoms with Gasteiger partial charge in [0.25, 0.3) is 5.91 Å². The molecule has 1 aliphatic heterocycles. The van der Waals surface area contributed by atoms with Gasteiger partial charge in [0.05, 0.1) is 0 Å². The van der Waals surface area contributed by atoms with Crippen molar-refractivity contribution in [1.29, 1.82) is 0 Å². The number of aromatic nitrogens is 3. The van der Waals surface area contributed by atoms with Gasteiger partial charge >= 0.3 is 0 Å². The zero-order chi connectivity index (χ0) is 24.6. The van der Waals surface area contributed by atoms with E-state index >= 15 is 0 Å². The summed E-state index contributed by atoms with van der Waals surface area (Å²) < 4.78 is 0. The Balaban J connectivity index is 1.52. The summed E-state index contributed by atoms with van der Waals surface area (Å²) in [5.41, 5.74) is 2.30. The maximum absolute atomic E-state index is 13.6. The number of hydrogen-bond donors (Lipinski definition) is 1. The Morgan fingerprint density at radius 3 is 2.43 bits per heavy atom. The number of nitrogens with zero attached hydrogens (tertiary/aromatic N) is 5. The first-order valence-electron chi connectivity index (χ1n) is 12.1. The molecular weight excluding hydrogens is 440 g/mol. The van der Waals surface area contributed by atoms with Crippen LogP contribution < -0.4 is 5.32 Å². The Labute approximate surface area is 206 Å². The fraction of sp³-hybridized carbons (Fsp3) is 0.370. The summed E-state index contributed by atoms with van der Waals surface area (Å²) in [7, 11) is 0. The van der Waals surface area contributed by atoms with Gasteiger partial charge in [0.15, 0.2) is 0 Å². The highest BCUT2D eigenvalue weighted by molar-refractivity contribution is 5.95. The normalized spacial score (nSPS) is 16.1. The summed E-state index contributed by atoms with van der Waals surface area (Å²) in [5.74, 6) is 0.968. The summed E-state index contributed by atoms with van der Waals surface area (Å²) >= 11 is 0. The number of benzene rings is 1. The number of rotatable bonds is 7. The number of pyridine rings is 1. The van der Waals surface area contributed by atoms with E-state index in [-0.39, 0.29) is 17.7 Å². The van der Waals surface area contributed by atoms with Crippen molar-refractivity contribution in [3.8, 4) is 0 Å². The van der Waals surface area contributed by atoms with Crippen molar-refractivity contribution in [1.82, 2.24) is 24.8 Å². The first-order chi connectivity index (χ1) is 17.0. The van der Waals surface area contributed by atoms with Gasteiger partial charge in [0, 0.05) is 68.1 Å². The molecule has 0 aliphatic carbocycles. The van der Waals surface area contributed by atoms with Crippen LogP contribution in [0.3, 0.4) is 0 Å². The molecule has 0 spiro atoms. The number of nitrogens with one attached hydrogen (secondary N) is 1. The molecule has 4 rings (SSSR count). The number of amides is 2. The molecule has 0 unspecified atom stereocenters. The molecule has 8 heteroatoms. The molecule has 2 amide bonds. The van der Waals surface area contributed by atoms with E-state index in [4.69, 9.17) is 0 Å². The molecule has 0 saturated carbocycles. The molecule has 1 N–H and O–H groups in total. The minimum absolute atomic E-state index is 0.0493. The number of hydrogen-bond acceptors (Lipinski definition) is 6. The van der Waals surface area contributed by atoms with E-state index in [9.17, 15) is 9.59 Å². The van der Waals surface area contributed by atoms with E-state index in [1.165, 1.54) is 0 Å². The fourth-order valence-electron chi connectivity index (χ4n) is 4.34. The molecule has 0 radical (unpaired) electrons. The van der Waals surface area contributed by atoms with Crippen LogP contribution in [0.2, 0.25) is 0 Å². The maximum Gasteiger partial charge on any atom is 0.254 e. The van der Waals surface area contributed by atoms with Crippen molar-refractivity contribution in [2.24, 2.45) is 11.8 Å². The Hall–Kier alpha value is -3.81. The van der Waals surface area contributed by atoms with Crippen molar-refractivity contribution >= 4 is 23.5 Å². The van der Waals surface area contributed by atoms with Crippen LogP contribution in [-0.2, 0) is 11.2 Å². The summed E-state index contributed by atoms with van der Waals surface area (Å²) in [6.45, 7) is 6.34. The highest BCUT2D eigenvalue weighted by atomic mass is 16.2. The van der Waals surface area contributed by atoms with Crippen LogP contribution in [0.15, 0.2) is 67.1 Å². The van der Waals surface area contributed by atoms with Gasteiger partial charge in [-0.05, 0) is 54.7 Å². The van der Waals surface area contributed by atoms with Crippen LogP contribution in [0, 0.1) is 11.8 Å².